The van der Waals surface area contributed by atoms with Gasteiger partial charge in [0.2, 0.25) is 11.8 Å². The zero-order chi connectivity index (χ0) is 34.8. The normalized spacial score (nSPS) is 13.9. The number of halogens is 1. The topological polar surface area (TPSA) is 96.0 Å². The summed E-state index contributed by atoms with van der Waals surface area (Å²) in [5, 5.41) is 3.63. The summed E-state index contributed by atoms with van der Waals surface area (Å²) < 4.78 is 35.9. The van der Waals surface area contributed by atoms with Gasteiger partial charge in [-0.3, -0.25) is 13.9 Å². The Balaban J connectivity index is 1.60. The quantitative estimate of drug-likeness (QED) is 0.129. The molecule has 5 rings (SSSR count). The van der Waals surface area contributed by atoms with Crippen molar-refractivity contribution in [3.63, 3.8) is 0 Å². The lowest BCUT2D eigenvalue weighted by Crippen LogP contribution is -2.54. The zero-order valence-electron chi connectivity index (χ0n) is 27.8. The van der Waals surface area contributed by atoms with Gasteiger partial charge in [-0.1, -0.05) is 85.1 Å². The molecule has 1 unspecified atom stereocenters. The van der Waals surface area contributed by atoms with Crippen LogP contribution in [-0.2, 0) is 32.6 Å². The first-order valence-electron chi connectivity index (χ1n) is 16.5. The van der Waals surface area contributed by atoms with E-state index in [-0.39, 0.29) is 35.5 Å². The van der Waals surface area contributed by atoms with Crippen LogP contribution in [0.1, 0.15) is 43.7 Å². The van der Waals surface area contributed by atoms with Crippen LogP contribution < -0.4 is 14.4 Å². The first kappa shape index (κ1) is 36.3. The summed E-state index contributed by atoms with van der Waals surface area (Å²) in [7, 11) is -4.28. The van der Waals surface area contributed by atoms with Crippen LogP contribution in [-0.4, -0.2) is 56.6 Å². The average molecular weight is 720 g/mol. The molecular weight excluding hydrogens is 678 g/mol. The van der Waals surface area contributed by atoms with Crippen molar-refractivity contribution in [2.45, 2.75) is 67.4 Å². The molecule has 1 saturated carbocycles. The Morgan fingerprint density at radius 3 is 2.24 bits per heavy atom. The number of nitrogens with zero attached hydrogens (tertiary/aromatic N) is 2. The lowest BCUT2D eigenvalue weighted by Gasteiger charge is -2.34. The Kier molecular flexibility index (Phi) is 12.7. The molecule has 11 heteroatoms. The zero-order valence-corrected chi connectivity index (χ0v) is 30.1. The van der Waals surface area contributed by atoms with E-state index in [1.54, 1.807) is 48.5 Å². The van der Waals surface area contributed by atoms with Gasteiger partial charge in [-0.2, -0.15) is 0 Å². The van der Waals surface area contributed by atoms with Crippen molar-refractivity contribution in [3.05, 3.63) is 119 Å². The Bertz CT molecular complexity index is 1820. The van der Waals surface area contributed by atoms with Crippen LogP contribution >= 0.6 is 23.4 Å². The first-order valence-corrected chi connectivity index (χ1v) is 19.5. The number of ether oxygens (including phenoxy) is 1. The van der Waals surface area contributed by atoms with E-state index in [1.807, 2.05) is 55.6 Å². The van der Waals surface area contributed by atoms with Crippen molar-refractivity contribution in [1.29, 1.82) is 0 Å². The van der Waals surface area contributed by atoms with Crippen LogP contribution in [0, 0.1) is 0 Å². The van der Waals surface area contributed by atoms with Gasteiger partial charge >= 0.3 is 0 Å². The molecule has 8 nitrogen and oxygen atoms in total. The number of hydrogen-bond donors (Lipinski definition) is 1. The van der Waals surface area contributed by atoms with Crippen molar-refractivity contribution in [2.24, 2.45) is 0 Å². The first-order chi connectivity index (χ1) is 23.7. The number of nitrogens with one attached hydrogen (secondary N) is 1. The molecule has 1 N–H and O–H groups in total. The minimum atomic E-state index is -4.28. The second-order valence-electron chi connectivity index (χ2n) is 11.9. The fraction of sp³-hybridized carbons (Fsp3) is 0.316. The number of carbonyl (C=O) groups excluding carboxylic acids is 2. The molecule has 2 amide bonds. The summed E-state index contributed by atoms with van der Waals surface area (Å²) >= 11 is 8.12. The molecule has 4 aromatic carbocycles. The molecule has 1 fully saturated rings. The minimum absolute atomic E-state index is 0.00247. The van der Waals surface area contributed by atoms with Crippen molar-refractivity contribution >= 4 is 50.9 Å². The van der Waals surface area contributed by atoms with E-state index in [0.29, 0.717) is 22.9 Å². The summed E-state index contributed by atoms with van der Waals surface area (Å²) in [6.07, 6.45) is 5.94. The number of thioether (sulfide) groups is 1. The van der Waals surface area contributed by atoms with Gasteiger partial charge in [0.25, 0.3) is 10.0 Å². The molecule has 0 bridgehead atoms. The van der Waals surface area contributed by atoms with E-state index >= 15 is 0 Å². The molecule has 0 aromatic heterocycles. The Morgan fingerprint density at radius 2 is 1.57 bits per heavy atom. The maximum absolute atomic E-state index is 14.8. The fourth-order valence-electron chi connectivity index (χ4n) is 6.06. The molecule has 0 aliphatic heterocycles. The van der Waals surface area contributed by atoms with Crippen LogP contribution in [0.4, 0.5) is 5.69 Å². The highest BCUT2D eigenvalue weighted by atomic mass is 35.5. The van der Waals surface area contributed by atoms with E-state index in [0.717, 1.165) is 40.4 Å². The predicted octanol–water partition coefficient (Wildman–Crippen LogP) is 7.35. The number of hydrogen-bond acceptors (Lipinski definition) is 6. The fourth-order valence-corrected chi connectivity index (χ4v) is 8.09. The number of rotatable bonds is 15. The van der Waals surface area contributed by atoms with E-state index in [2.05, 4.69) is 5.32 Å². The van der Waals surface area contributed by atoms with Gasteiger partial charge in [-0.25, -0.2) is 8.42 Å². The van der Waals surface area contributed by atoms with Gasteiger partial charge in [-0.05, 0) is 79.6 Å². The van der Waals surface area contributed by atoms with Crippen LogP contribution in [0.2, 0.25) is 5.02 Å². The standard InChI is InChI=1S/C38H42ClN3O5S2/c1-3-47-36-20-12-11-19-34(36)42(49(45,46)32-23-21-31(48-2)22-24-32)27-37(43)41(26-29-15-7-10-18-33(29)39)35(25-28-13-5-4-6-14-28)38(44)40-30-16-8-9-17-30/h4-7,10-15,18-24,30,35H,3,8-9,16-17,25-27H2,1-2H3,(H,40,44). The molecule has 1 aliphatic carbocycles. The largest absolute Gasteiger partial charge is 0.492 e. The van der Waals surface area contributed by atoms with E-state index < -0.39 is 28.5 Å². The molecule has 0 spiro atoms. The number of para-hydroxylation sites is 2. The number of benzene rings is 4. The van der Waals surface area contributed by atoms with Gasteiger partial charge in [0.05, 0.1) is 17.2 Å². The third-order valence-corrected chi connectivity index (χ3v) is 11.5. The van der Waals surface area contributed by atoms with E-state index in [4.69, 9.17) is 16.3 Å². The third kappa shape index (κ3) is 9.17. The predicted molar refractivity (Wildman–Crippen MR) is 197 cm³/mol. The maximum Gasteiger partial charge on any atom is 0.264 e. The maximum atomic E-state index is 14.8. The second kappa shape index (κ2) is 17.1. The summed E-state index contributed by atoms with van der Waals surface area (Å²) in [6.45, 7) is 1.52. The SMILES string of the molecule is CCOc1ccccc1N(CC(=O)N(Cc1ccccc1Cl)C(Cc1ccccc1)C(=O)NC1CCCC1)S(=O)(=O)c1ccc(SC)cc1. The van der Waals surface area contributed by atoms with Gasteiger partial charge in [0, 0.05) is 28.9 Å². The van der Waals surface area contributed by atoms with Crippen molar-refractivity contribution in [1.82, 2.24) is 10.2 Å². The molecule has 258 valence electrons. The second-order valence-corrected chi connectivity index (χ2v) is 15.0. The molecule has 0 saturated heterocycles. The highest BCUT2D eigenvalue weighted by Gasteiger charge is 2.36. The monoisotopic (exact) mass is 719 g/mol. The van der Waals surface area contributed by atoms with Crippen LogP contribution in [0.3, 0.4) is 0 Å². The molecule has 1 atom stereocenters. The third-order valence-electron chi connectivity index (χ3n) is 8.63. The number of sulfonamides is 1. The summed E-state index contributed by atoms with van der Waals surface area (Å²) in [6, 6.07) is 29.1. The highest BCUT2D eigenvalue weighted by Crippen LogP contribution is 2.34. The number of anilines is 1. The van der Waals surface area contributed by atoms with Crippen molar-refractivity contribution in [3.8, 4) is 5.75 Å². The van der Waals surface area contributed by atoms with Gasteiger partial charge in [0.15, 0.2) is 0 Å². The molecule has 49 heavy (non-hydrogen) atoms. The molecule has 0 heterocycles. The van der Waals surface area contributed by atoms with Gasteiger partial charge < -0.3 is 15.0 Å². The summed E-state index contributed by atoms with van der Waals surface area (Å²) in [4.78, 5) is 31.4. The number of amides is 2. The molecule has 0 radical (unpaired) electrons. The van der Waals surface area contributed by atoms with Crippen LogP contribution in [0.5, 0.6) is 5.75 Å². The van der Waals surface area contributed by atoms with Crippen molar-refractivity contribution in [2.75, 3.05) is 23.7 Å². The lowest BCUT2D eigenvalue weighted by atomic mass is 10.0. The smallest absolute Gasteiger partial charge is 0.264 e. The molecule has 1 aliphatic rings. The lowest BCUT2D eigenvalue weighted by molar-refractivity contribution is -0.140. The van der Waals surface area contributed by atoms with E-state index in [9.17, 15) is 18.0 Å². The Morgan fingerprint density at radius 1 is 0.918 bits per heavy atom. The molecular formula is C38H42ClN3O5S2. The van der Waals surface area contributed by atoms with E-state index in [1.165, 1.54) is 28.8 Å². The average Bonchev–Trinajstić information content (AvgIpc) is 3.63. The summed E-state index contributed by atoms with van der Waals surface area (Å²) in [5.41, 5.74) is 1.73. The Labute approximate surface area is 298 Å². The minimum Gasteiger partial charge on any atom is -0.492 e. The Hall–Kier alpha value is -3.99. The van der Waals surface area contributed by atoms with Crippen molar-refractivity contribution < 1.29 is 22.7 Å². The van der Waals surface area contributed by atoms with Gasteiger partial charge in [0.1, 0.15) is 18.3 Å². The highest BCUT2D eigenvalue weighted by molar-refractivity contribution is 7.98. The number of carbonyl (C=O) groups is 2. The molecule has 4 aromatic rings. The summed E-state index contributed by atoms with van der Waals surface area (Å²) in [5.74, 6) is -0.523. The van der Waals surface area contributed by atoms with Crippen LogP contribution in [0.15, 0.2) is 113 Å². The van der Waals surface area contributed by atoms with Crippen LogP contribution in [0.25, 0.3) is 0 Å². The van der Waals surface area contributed by atoms with Gasteiger partial charge in [-0.15, -0.1) is 11.8 Å².